The van der Waals surface area contributed by atoms with Gasteiger partial charge in [-0.3, -0.25) is 0 Å². The molecule has 1 unspecified atom stereocenters. The number of nitrogens with zero attached hydrogens (tertiary/aromatic N) is 3. The smallest absolute Gasteiger partial charge is 0.363 e. The molecule has 2 heterocycles. The van der Waals surface area contributed by atoms with Gasteiger partial charge in [0.2, 0.25) is 0 Å². The van der Waals surface area contributed by atoms with Gasteiger partial charge >= 0.3 is 5.82 Å². The Kier molecular flexibility index (Phi) is 4.09. The third kappa shape index (κ3) is 3.40. The summed E-state index contributed by atoms with van der Waals surface area (Å²) in [5.74, 6) is -0.118. The quantitative estimate of drug-likeness (QED) is 0.638. The SMILES string of the molecule is CC(CN1CCCC1)Nc1ccc([N+](=O)[O-])nc1. The van der Waals surface area contributed by atoms with Crippen molar-refractivity contribution >= 4 is 11.5 Å². The highest BCUT2D eigenvalue weighted by molar-refractivity contribution is 5.44. The summed E-state index contributed by atoms with van der Waals surface area (Å²) in [6.07, 6.45) is 4.08. The van der Waals surface area contributed by atoms with Crippen molar-refractivity contribution in [1.29, 1.82) is 0 Å². The van der Waals surface area contributed by atoms with Crippen LogP contribution in [-0.4, -0.2) is 40.5 Å². The number of likely N-dealkylation sites (tertiary alicyclic amines) is 1. The van der Waals surface area contributed by atoms with E-state index >= 15 is 0 Å². The Morgan fingerprint density at radius 1 is 1.50 bits per heavy atom. The minimum atomic E-state index is -0.489. The van der Waals surface area contributed by atoms with Crippen LogP contribution in [0.5, 0.6) is 0 Å². The van der Waals surface area contributed by atoms with Crippen molar-refractivity contribution in [2.45, 2.75) is 25.8 Å². The fraction of sp³-hybridized carbons (Fsp3) is 0.583. The Balaban J connectivity index is 1.86. The predicted octanol–water partition coefficient (Wildman–Crippen LogP) is 1.89. The molecule has 6 nitrogen and oxygen atoms in total. The standard InChI is InChI=1S/C12H18N4O2/c1-10(9-15-6-2-3-7-15)14-11-4-5-12(13-8-11)16(17)18/h4-5,8,10,14H,2-3,6-7,9H2,1H3. The number of hydrogen-bond donors (Lipinski definition) is 1. The molecular formula is C12H18N4O2. The van der Waals surface area contributed by atoms with E-state index in [1.54, 1.807) is 6.07 Å². The lowest BCUT2D eigenvalue weighted by molar-refractivity contribution is -0.389. The molecule has 1 fully saturated rings. The number of nitro groups is 1. The molecule has 2 rings (SSSR count). The summed E-state index contributed by atoms with van der Waals surface area (Å²) in [7, 11) is 0. The first-order chi connectivity index (χ1) is 8.65. The van der Waals surface area contributed by atoms with Gasteiger partial charge in [0.15, 0.2) is 6.20 Å². The monoisotopic (exact) mass is 250 g/mol. The zero-order valence-corrected chi connectivity index (χ0v) is 10.5. The zero-order valence-electron chi connectivity index (χ0n) is 10.5. The Morgan fingerprint density at radius 3 is 2.78 bits per heavy atom. The van der Waals surface area contributed by atoms with Crippen LogP contribution < -0.4 is 5.32 Å². The minimum Gasteiger partial charge on any atom is -0.378 e. The molecule has 98 valence electrons. The average Bonchev–Trinajstić information content (AvgIpc) is 2.82. The van der Waals surface area contributed by atoms with E-state index in [1.165, 1.54) is 38.2 Å². The van der Waals surface area contributed by atoms with E-state index in [1.807, 2.05) is 0 Å². The van der Waals surface area contributed by atoms with E-state index in [2.05, 4.69) is 22.1 Å². The fourth-order valence-electron chi connectivity index (χ4n) is 2.26. The number of anilines is 1. The molecule has 1 aromatic heterocycles. The molecule has 1 aliphatic rings. The maximum absolute atomic E-state index is 10.5. The summed E-state index contributed by atoms with van der Waals surface area (Å²) in [5, 5.41) is 13.8. The molecule has 1 aliphatic heterocycles. The van der Waals surface area contributed by atoms with E-state index in [4.69, 9.17) is 0 Å². The van der Waals surface area contributed by atoms with Crippen LogP contribution in [-0.2, 0) is 0 Å². The summed E-state index contributed by atoms with van der Waals surface area (Å²) in [6, 6.07) is 3.43. The van der Waals surface area contributed by atoms with E-state index in [0.717, 1.165) is 12.2 Å². The van der Waals surface area contributed by atoms with Crippen LogP contribution in [0.25, 0.3) is 0 Å². The lowest BCUT2D eigenvalue weighted by Crippen LogP contribution is -2.32. The van der Waals surface area contributed by atoms with Crippen LogP contribution in [0.2, 0.25) is 0 Å². The van der Waals surface area contributed by atoms with Gasteiger partial charge in [0.25, 0.3) is 0 Å². The first-order valence-electron chi connectivity index (χ1n) is 6.24. The van der Waals surface area contributed by atoms with Crippen LogP contribution in [0, 0.1) is 10.1 Å². The molecule has 1 aromatic rings. The number of pyridine rings is 1. The van der Waals surface area contributed by atoms with Crippen molar-refractivity contribution in [2.75, 3.05) is 25.0 Å². The summed E-state index contributed by atoms with van der Waals surface area (Å²) >= 11 is 0. The number of rotatable bonds is 5. The zero-order chi connectivity index (χ0) is 13.0. The lowest BCUT2D eigenvalue weighted by atomic mass is 10.3. The summed E-state index contributed by atoms with van der Waals surface area (Å²) in [5.41, 5.74) is 0.826. The van der Waals surface area contributed by atoms with Crippen LogP contribution >= 0.6 is 0 Å². The molecule has 0 saturated carbocycles. The second-order valence-electron chi connectivity index (χ2n) is 4.72. The van der Waals surface area contributed by atoms with Gasteiger partial charge in [0, 0.05) is 18.7 Å². The summed E-state index contributed by atoms with van der Waals surface area (Å²) in [4.78, 5) is 16.2. The van der Waals surface area contributed by atoms with Crippen molar-refractivity contribution in [3.63, 3.8) is 0 Å². The van der Waals surface area contributed by atoms with Crippen molar-refractivity contribution in [1.82, 2.24) is 9.88 Å². The molecule has 0 amide bonds. The third-order valence-electron chi connectivity index (χ3n) is 3.08. The van der Waals surface area contributed by atoms with Gasteiger partial charge in [-0.2, -0.15) is 0 Å². The Labute approximate surface area is 106 Å². The van der Waals surface area contributed by atoms with Crippen molar-refractivity contribution in [3.8, 4) is 0 Å². The molecular weight excluding hydrogens is 232 g/mol. The fourth-order valence-corrected chi connectivity index (χ4v) is 2.26. The van der Waals surface area contributed by atoms with E-state index in [0.29, 0.717) is 6.04 Å². The Bertz CT molecular complexity index is 401. The largest absolute Gasteiger partial charge is 0.378 e. The second kappa shape index (κ2) is 5.77. The molecule has 0 radical (unpaired) electrons. The molecule has 0 aromatic carbocycles. The first kappa shape index (κ1) is 12.8. The van der Waals surface area contributed by atoms with E-state index < -0.39 is 4.92 Å². The average molecular weight is 250 g/mol. The molecule has 1 saturated heterocycles. The van der Waals surface area contributed by atoms with E-state index in [-0.39, 0.29) is 5.82 Å². The normalized spacial score (nSPS) is 17.6. The molecule has 0 bridgehead atoms. The topological polar surface area (TPSA) is 71.3 Å². The van der Waals surface area contributed by atoms with Gasteiger partial charge in [-0.05, 0) is 48.8 Å². The number of aromatic nitrogens is 1. The highest BCUT2D eigenvalue weighted by Crippen LogP contribution is 2.14. The van der Waals surface area contributed by atoms with Crippen LogP contribution in [0.3, 0.4) is 0 Å². The van der Waals surface area contributed by atoms with Gasteiger partial charge in [0.1, 0.15) is 0 Å². The van der Waals surface area contributed by atoms with Crippen LogP contribution in [0.4, 0.5) is 11.5 Å². The van der Waals surface area contributed by atoms with Crippen molar-refractivity contribution < 1.29 is 4.92 Å². The van der Waals surface area contributed by atoms with Gasteiger partial charge in [0.05, 0.1) is 5.69 Å². The second-order valence-corrected chi connectivity index (χ2v) is 4.72. The highest BCUT2D eigenvalue weighted by atomic mass is 16.6. The lowest BCUT2D eigenvalue weighted by Gasteiger charge is -2.21. The molecule has 18 heavy (non-hydrogen) atoms. The van der Waals surface area contributed by atoms with Gasteiger partial charge in [-0.1, -0.05) is 0 Å². The molecule has 0 aliphatic carbocycles. The van der Waals surface area contributed by atoms with Gasteiger partial charge in [-0.25, -0.2) is 0 Å². The van der Waals surface area contributed by atoms with Crippen LogP contribution in [0.1, 0.15) is 19.8 Å². The summed E-state index contributed by atoms with van der Waals surface area (Å²) < 4.78 is 0. The maximum atomic E-state index is 10.5. The predicted molar refractivity (Wildman–Crippen MR) is 69.7 cm³/mol. The number of hydrogen-bond acceptors (Lipinski definition) is 5. The van der Waals surface area contributed by atoms with Gasteiger partial charge < -0.3 is 20.3 Å². The summed E-state index contributed by atoms with van der Waals surface area (Å²) in [6.45, 7) is 5.45. The highest BCUT2D eigenvalue weighted by Gasteiger charge is 2.15. The van der Waals surface area contributed by atoms with Gasteiger partial charge in [-0.15, -0.1) is 0 Å². The number of nitrogens with one attached hydrogen (secondary N) is 1. The van der Waals surface area contributed by atoms with Crippen molar-refractivity contribution in [2.24, 2.45) is 0 Å². The third-order valence-corrected chi connectivity index (χ3v) is 3.08. The minimum absolute atomic E-state index is 0.118. The van der Waals surface area contributed by atoms with Crippen molar-refractivity contribution in [3.05, 3.63) is 28.4 Å². The molecule has 6 heteroatoms. The molecule has 1 N–H and O–H groups in total. The Hall–Kier alpha value is -1.69. The first-order valence-corrected chi connectivity index (χ1v) is 6.24. The van der Waals surface area contributed by atoms with Crippen LogP contribution in [0.15, 0.2) is 18.3 Å². The molecule has 1 atom stereocenters. The van der Waals surface area contributed by atoms with E-state index in [9.17, 15) is 10.1 Å². The molecule has 0 spiro atoms. The maximum Gasteiger partial charge on any atom is 0.363 e. The Morgan fingerprint density at radius 2 is 2.22 bits per heavy atom.